The highest BCUT2D eigenvalue weighted by Gasteiger charge is 2.38. The zero-order valence-electron chi connectivity index (χ0n) is 10.3. The van der Waals surface area contributed by atoms with E-state index < -0.39 is 0 Å². The van der Waals surface area contributed by atoms with Crippen LogP contribution < -0.4 is 5.73 Å². The Labute approximate surface area is 112 Å². The third-order valence-corrected chi connectivity index (χ3v) is 4.53. The summed E-state index contributed by atoms with van der Waals surface area (Å²) in [7, 11) is 2.11. The fourth-order valence-corrected chi connectivity index (χ4v) is 3.43. The third-order valence-electron chi connectivity index (χ3n) is 3.31. The molecule has 0 radical (unpaired) electrons. The standard InChI is InChI=1S/C12H19ClN2OS/c1-12(8-16-6-10(12)14)7-15(2)5-9-3-4-11(13)17-9/h3-4,10H,5-8,14H2,1-2H3. The number of nitrogens with two attached hydrogens (primary N) is 1. The van der Waals surface area contributed by atoms with Crippen LogP contribution in [0.3, 0.4) is 0 Å². The first kappa shape index (κ1) is 13.3. The van der Waals surface area contributed by atoms with Gasteiger partial charge in [-0.15, -0.1) is 11.3 Å². The zero-order valence-corrected chi connectivity index (χ0v) is 11.9. The summed E-state index contributed by atoms with van der Waals surface area (Å²) in [5.74, 6) is 0. The summed E-state index contributed by atoms with van der Waals surface area (Å²) in [5, 5.41) is 0. The number of nitrogens with zero attached hydrogens (tertiary/aromatic N) is 1. The fraction of sp³-hybridized carbons (Fsp3) is 0.667. The van der Waals surface area contributed by atoms with Crippen LogP contribution in [0.5, 0.6) is 0 Å². The first-order valence-electron chi connectivity index (χ1n) is 5.76. The van der Waals surface area contributed by atoms with Gasteiger partial charge in [0.2, 0.25) is 0 Å². The van der Waals surface area contributed by atoms with E-state index in [2.05, 4.69) is 24.9 Å². The Balaban J connectivity index is 1.91. The van der Waals surface area contributed by atoms with E-state index in [1.54, 1.807) is 11.3 Å². The Bertz CT molecular complexity index is 384. The lowest BCUT2D eigenvalue weighted by Gasteiger charge is -2.31. The second kappa shape index (κ2) is 5.24. The maximum atomic E-state index is 6.09. The number of hydrogen-bond acceptors (Lipinski definition) is 4. The molecule has 1 aromatic heterocycles. The van der Waals surface area contributed by atoms with E-state index in [1.807, 2.05) is 6.07 Å². The molecule has 0 spiro atoms. The van der Waals surface area contributed by atoms with E-state index in [-0.39, 0.29) is 11.5 Å². The normalized spacial score (nSPS) is 29.1. The molecular weight excluding hydrogens is 256 g/mol. The van der Waals surface area contributed by atoms with Gasteiger partial charge in [0.15, 0.2) is 0 Å². The van der Waals surface area contributed by atoms with E-state index in [0.29, 0.717) is 6.61 Å². The number of halogens is 1. The maximum Gasteiger partial charge on any atom is 0.0931 e. The number of thiophene rings is 1. The lowest BCUT2D eigenvalue weighted by atomic mass is 9.85. The average Bonchev–Trinajstić information content (AvgIpc) is 2.75. The summed E-state index contributed by atoms with van der Waals surface area (Å²) in [6, 6.07) is 4.16. The van der Waals surface area contributed by atoms with E-state index >= 15 is 0 Å². The van der Waals surface area contributed by atoms with Crippen LogP contribution in [-0.2, 0) is 11.3 Å². The number of hydrogen-bond donors (Lipinski definition) is 1. The summed E-state index contributed by atoms with van der Waals surface area (Å²) in [4.78, 5) is 3.57. The summed E-state index contributed by atoms with van der Waals surface area (Å²) in [6.07, 6.45) is 0. The molecule has 17 heavy (non-hydrogen) atoms. The Morgan fingerprint density at radius 1 is 1.65 bits per heavy atom. The van der Waals surface area contributed by atoms with Gasteiger partial charge in [0.1, 0.15) is 0 Å². The van der Waals surface area contributed by atoms with Crippen LogP contribution in [0.2, 0.25) is 4.34 Å². The number of ether oxygens (including phenoxy) is 1. The SMILES string of the molecule is CN(Cc1ccc(Cl)s1)CC1(C)COCC1N. The second-order valence-corrected chi connectivity index (χ2v) is 6.95. The van der Waals surface area contributed by atoms with Gasteiger partial charge in [0, 0.05) is 29.4 Å². The molecule has 1 aromatic rings. The molecule has 0 bridgehead atoms. The lowest BCUT2D eigenvalue weighted by molar-refractivity contribution is 0.128. The van der Waals surface area contributed by atoms with E-state index in [4.69, 9.17) is 22.1 Å². The van der Waals surface area contributed by atoms with Crippen LogP contribution >= 0.6 is 22.9 Å². The van der Waals surface area contributed by atoms with Crippen LogP contribution in [0.25, 0.3) is 0 Å². The molecule has 1 aliphatic heterocycles. The van der Waals surface area contributed by atoms with Crippen LogP contribution in [0, 0.1) is 5.41 Å². The van der Waals surface area contributed by atoms with E-state index in [9.17, 15) is 0 Å². The van der Waals surface area contributed by atoms with Crippen molar-refractivity contribution < 1.29 is 4.74 Å². The highest BCUT2D eigenvalue weighted by molar-refractivity contribution is 7.16. The second-order valence-electron chi connectivity index (χ2n) is 5.15. The monoisotopic (exact) mass is 274 g/mol. The molecule has 0 saturated carbocycles. The van der Waals surface area contributed by atoms with E-state index in [0.717, 1.165) is 24.0 Å². The van der Waals surface area contributed by atoms with Crippen molar-refractivity contribution in [2.75, 3.05) is 26.8 Å². The predicted molar refractivity (Wildman–Crippen MR) is 72.6 cm³/mol. The molecule has 0 aromatic carbocycles. The topological polar surface area (TPSA) is 38.5 Å². The molecular formula is C12H19ClN2OS. The lowest BCUT2D eigenvalue weighted by Crippen LogP contribution is -2.45. The van der Waals surface area contributed by atoms with Gasteiger partial charge in [-0.3, -0.25) is 0 Å². The summed E-state index contributed by atoms with van der Waals surface area (Å²) >= 11 is 7.56. The van der Waals surface area contributed by atoms with Crippen molar-refractivity contribution in [3.8, 4) is 0 Å². The summed E-state index contributed by atoms with van der Waals surface area (Å²) in [6.45, 7) is 5.49. The largest absolute Gasteiger partial charge is 0.379 e. The van der Waals surface area contributed by atoms with Crippen molar-refractivity contribution in [1.82, 2.24) is 4.90 Å². The van der Waals surface area contributed by atoms with E-state index in [1.165, 1.54) is 4.88 Å². The zero-order chi connectivity index (χ0) is 12.5. The van der Waals surface area contributed by atoms with Crippen molar-refractivity contribution in [3.05, 3.63) is 21.3 Å². The van der Waals surface area contributed by atoms with Gasteiger partial charge in [0.05, 0.1) is 17.6 Å². The maximum absolute atomic E-state index is 6.09. The van der Waals surface area contributed by atoms with Crippen molar-refractivity contribution in [2.45, 2.75) is 19.5 Å². The van der Waals surface area contributed by atoms with Gasteiger partial charge in [-0.25, -0.2) is 0 Å². The Morgan fingerprint density at radius 2 is 2.41 bits per heavy atom. The molecule has 0 aliphatic carbocycles. The van der Waals surface area contributed by atoms with Gasteiger partial charge in [-0.2, -0.15) is 0 Å². The van der Waals surface area contributed by atoms with Crippen LogP contribution in [0.15, 0.2) is 12.1 Å². The smallest absolute Gasteiger partial charge is 0.0931 e. The molecule has 0 amide bonds. The van der Waals surface area contributed by atoms with Gasteiger partial charge in [-0.1, -0.05) is 18.5 Å². The first-order valence-corrected chi connectivity index (χ1v) is 6.95. The Morgan fingerprint density at radius 3 is 2.94 bits per heavy atom. The minimum atomic E-state index is 0.0653. The van der Waals surface area contributed by atoms with Gasteiger partial charge in [-0.05, 0) is 19.2 Å². The molecule has 3 nitrogen and oxygen atoms in total. The predicted octanol–water partition coefficient (Wildman–Crippen LogP) is 2.20. The molecule has 2 rings (SSSR count). The highest BCUT2D eigenvalue weighted by atomic mass is 35.5. The number of rotatable bonds is 4. The van der Waals surface area contributed by atoms with Gasteiger partial charge < -0.3 is 15.4 Å². The average molecular weight is 275 g/mol. The Kier molecular flexibility index (Phi) is 4.10. The molecule has 1 saturated heterocycles. The van der Waals surface area contributed by atoms with Gasteiger partial charge >= 0.3 is 0 Å². The molecule has 2 N–H and O–H groups in total. The van der Waals surface area contributed by atoms with Crippen LogP contribution in [0.4, 0.5) is 0 Å². The molecule has 2 heterocycles. The fourth-order valence-electron chi connectivity index (χ4n) is 2.27. The summed E-state index contributed by atoms with van der Waals surface area (Å²) < 4.78 is 6.31. The molecule has 2 atom stereocenters. The van der Waals surface area contributed by atoms with Crippen LogP contribution in [0.1, 0.15) is 11.8 Å². The highest BCUT2D eigenvalue weighted by Crippen LogP contribution is 2.29. The van der Waals surface area contributed by atoms with Gasteiger partial charge in [0.25, 0.3) is 0 Å². The molecule has 1 fully saturated rings. The quantitative estimate of drug-likeness (QED) is 0.915. The third kappa shape index (κ3) is 3.20. The van der Waals surface area contributed by atoms with Crippen molar-refractivity contribution in [1.29, 1.82) is 0 Å². The van der Waals surface area contributed by atoms with Crippen molar-refractivity contribution in [2.24, 2.45) is 11.1 Å². The molecule has 96 valence electrons. The molecule has 5 heteroatoms. The minimum absolute atomic E-state index is 0.0653. The summed E-state index contributed by atoms with van der Waals surface area (Å²) in [5.41, 5.74) is 6.15. The Hall–Kier alpha value is -0.130. The molecule has 2 unspecified atom stereocenters. The minimum Gasteiger partial charge on any atom is -0.379 e. The molecule has 1 aliphatic rings. The van der Waals surface area contributed by atoms with Crippen LogP contribution in [-0.4, -0.2) is 37.7 Å². The van der Waals surface area contributed by atoms with Crippen molar-refractivity contribution in [3.63, 3.8) is 0 Å². The first-order chi connectivity index (χ1) is 7.99. The van der Waals surface area contributed by atoms with Crippen molar-refractivity contribution >= 4 is 22.9 Å².